The van der Waals surface area contributed by atoms with Gasteiger partial charge in [0.1, 0.15) is 18.2 Å². The molecule has 4 heterocycles. The number of carbonyl (C=O) groups is 1. The van der Waals surface area contributed by atoms with Crippen LogP contribution in [-0.2, 0) is 4.79 Å². The highest BCUT2D eigenvalue weighted by Gasteiger charge is 2.31. The number of primary amides is 1. The number of methoxy groups -OCH3 is 3. The summed E-state index contributed by atoms with van der Waals surface area (Å²) in [5.74, 6) is 2.91. The summed E-state index contributed by atoms with van der Waals surface area (Å²) >= 11 is 1.53. The number of anilines is 3. The van der Waals surface area contributed by atoms with Crippen molar-refractivity contribution in [3.05, 3.63) is 36.1 Å². The average molecular weight is 496 g/mol. The second-order valence-corrected chi connectivity index (χ2v) is 8.85. The first kappa shape index (κ1) is 22.7. The van der Waals surface area contributed by atoms with Crippen molar-refractivity contribution < 1.29 is 19.0 Å². The number of nitrogens with zero attached hydrogens (tertiary/aromatic N) is 5. The van der Waals surface area contributed by atoms with E-state index >= 15 is 0 Å². The van der Waals surface area contributed by atoms with Crippen LogP contribution in [-0.4, -0.2) is 59.3 Å². The number of benzene rings is 1. The van der Waals surface area contributed by atoms with Crippen molar-refractivity contribution in [2.24, 2.45) is 5.73 Å². The Morgan fingerprint density at radius 3 is 2.63 bits per heavy atom. The number of rotatable bonds is 8. The number of hydrogen-bond donors (Lipinski definition) is 2. The van der Waals surface area contributed by atoms with Crippen LogP contribution in [0.2, 0.25) is 0 Å². The first-order valence-corrected chi connectivity index (χ1v) is 11.8. The standard InChI is InChI=1S/C23H25N7O4S/c1-32-16-9-13(10-17(33-2)19(16)34-3)29-11-18(25-12-29)27-22-20-14(6-8-35-20)26-23(28-22)30-7-4-5-15(30)21(24)31/h6,8-12,15H,4-5,7H2,1-3H3,(H2,24,31)(H,26,27,28)/t15-/m0/s1. The van der Waals surface area contributed by atoms with E-state index < -0.39 is 6.04 Å². The Balaban J connectivity index is 1.48. The van der Waals surface area contributed by atoms with Gasteiger partial charge in [0.15, 0.2) is 17.3 Å². The molecule has 0 saturated carbocycles. The second kappa shape index (κ2) is 9.29. The van der Waals surface area contributed by atoms with E-state index in [1.54, 1.807) is 27.7 Å². The Morgan fingerprint density at radius 2 is 1.94 bits per heavy atom. The van der Waals surface area contributed by atoms with Gasteiger partial charge in [0.25, 0.3) is 0 Å². The molecule has 3 aromatic heterocycles. The molecule has 1 aliphatic heterocycles. The predicted molar refractivity (Wildman–Crippen MR) is 133 cm³/mol. The summed E-state index contributed by atoms with van der Waals surface area (Å²) in [6, 6.07) is 5.20. The lowest BCUT2D eigenvalue weighted by molar-refractivity contribution is -0.119. The normalized spacial score (nSPS) is 15.4. The number of thiophene rings is 1. The molecule has 1 amide bonds. The number of imidazole rings is 1. The van der Waals surface area contributed by atoms with Crippen molar-refractivity contribution in [1.29, 1.82) is 0 Å². The predicted octanol–water partition coefficient (Wildman–Crippen LogP) is 3.10. The van der Waals surface area contributed by atoms with Crippen LogP contribution in [0, 0.1) is 0 Å². The molecule has 1 saturated heterocycles. The van der Waals surface area contributed by atoms with Crippen molar-refractivity contribution in [3.63, 3.8) is 0 Å². The minimum atomic E-state index is -0.404. The van der Waals surface area contributed by atoms with Gasteiger partial charge in [-0.25, -0.2) is 9.97 Å². The number of fused-ring (bicyclic) bond motifs is 1. The molecule has 1 fully saturated rings. The summed E-state index contributed by atoms with van der Waals surface area (Å²) in [4.78, 5) is 27.7. The molecule has 12 heteroatoms. The number of nitrogens with two attached hydrogens (primary N) is 1. The summed E-state index contributed by atoms with van der Waals surface area (Å²) in [6.45, 7) is 0.679. The maximum absolute atomic E-state index is 11.9. The maximum Gasteiger partial charge on any atom is 0.240 e. The fourth-order valence-electron chi connectivity index (χ4n) is 4.23. The number of ether oxygens (including phenoxy) is 3. The highest BCUT2D eigenvalue weighted by atomic mass is 32.1. The molecule has 0 radical (unpaired) electrons. The first-order chi connectivity index (χ1) is 17.0. The third-order valence-electron chi connectivity index (χ3n) is 5.91. The van der Waals surface area contributed by atoms with Gasteiger partial charge in [0.2, 0.25) is 17.6 Å². The lowest BCUT2D eigenvalue weighted by atomic mass is 10.2. The average Bonchev–Trinajstić information content (AvgIpc) is 3.63. The highest BCUT2D eigenvalue weighted by Crippen LogP contribution is 2.39. The molecule has 4 aromatic rings. The molecule has 1 aromatic carbocycles. The SMILES string of the molecule is COc1cc(-n2cnc(Nc3nc(N4CCC[C@H]4C(N)=O)nc4ccsc34)c2)cc(OC)c1OC. The molecule has 0 unspecified atom stereocenters. The largest absolute Gasteiger partial charge is 0.493 e. The molecular formula is C23H25N7O4S. The van der Waals surface area contributed by atoms with E-state index in [1.165, 1.54) is 11.3 Å². The van der Waals surface area contributed by atoms with Crippen molar-refractivity contribution in [3.8, 4) is 22.9 Å². The maximum atomic E-state index is 11.9. The molecule has 11 nitrogen and oxygen atoms in total. The molecule has 5 rings (SSSR count). The smallest absolute Gasteiger partial charge is 0.240 e. The first-order valence-electron chi connectivity index (χ1n) is 10.9. The van der Waals surface area contributed by atoms with Crippen molar-refractivity contribution in [2.75, 3.05) is 38.1 Å². The fourth-order valence-corrected chi connectivity index (χ4v) is 5.01. The van der Waals surface area contributed by atoms with Crippen LogP contribution in [0.1, 0.15) is 12.8 Å². The van der Waals surface area contributed by atoms with Gasteiger partial charge in [-0.1, -0.05) is 0 Å². The summed E-state index contributed by atoms with van der Waals surface area (Å²) in [6.07, 6.45) is 5.08. The van der Waals surface area contributed by atoms with E-state index in [-0.39, 0.29) is 5.91 Å². The highest BCUT2D eigenvalue weighted by molar-refractivity contribution is 7.17. The van der Waals surface area contributed by atoms with Crippen LogP contribution in [0.5, 0.6) is 17.2 Å². The van der Waals surface area contributed by atoms with E-state index in [1.807, 2.05) is 39.2 Å². The lowest BCUT2D eigenvalue weighted by Gasteiger charge is -2.22. The Labute approximate surface area is 205 Å². The quantitative estimate of drug-likeness (QED) is 0.379. The third-order valence-corrected chi connectivity index (χ3v) is 6.82. The van der Waals surface area contributed by atoms with Gasteiger partial charge in [0.05, 0.1) is 43.4 Å². The monoisotopic (exact) mass is 495 g/mol. The third kappa shape index (κ3) is 4.16. The zero-order chi connectivity index (χ0) is 24.5. The van der Waals surface area contributed by atoms with Crippen molar-refractivity contribution in [1.82, 2.24) is 19.5 Å². The molecule has 1 atom stereocenters. The number of aromatic nitrogens is 4. The van der Waals surface area contributed by atoms with Gasteiger partial charge in [-0.05, 0) is 24.3 Å². The van der Waals surface area contributed by atoms with Crippen LogP contribution < -0.4 is 30.2 Å². The zero-order valence-corrected chi connectivity index (χ0v) is 20.3. The molecular weight excluding hydrogens is 470 g/mol. The molecule has 182 valence electrons. The number of hydrogen-bond acceptors (Lipinski definition) is 10. The van der Waals surface area contributed by atoms with Gasteiger partial charge < -0.3 is 34.7 Å². The van der Waals surface area contributed by atoms with E-state index in [4.69, 9.17) is 24.9 Å². The molecule has 0 bridgehead atoms. The Morgan fingerprint density at radius 1 is 1.17 bits per heavy atom. The fraction of sp³-hybridized carbons (Fsp3) is 0.304. The molecule has 0 spiro atoms. The number of nitrogens with one attached hydrogen (secondary N) is 1. The summed E-state index contributed by atoms with van der Waals surface area (Å²) < 4.78 is 19.1. The topological polar surface area (TPSA) is 130 Å². The van der Waals surface area contributed by atoms with E-state index in [0.717, 1.165) is 22.3 Å². The van der Waals surface area contributed by atoms with Crippen LogP contribution in [0.4, 0.5) is 17.6 Å². The minimum Gasteiger partial charge on any atom is -0.493 e. The van der Waals surface area contributed by atoms with Crippen molar-refractivity contribution in [2.45, 2.75) is 18.9 Å². The van der Waals surface area contributed by atoms with Crippen LogP contribution in [0.15, 0.2) is 36.1 Å². The molecule has 35 heavy (non-hydrogen) atoms. The van der Waals surface area contributed by atoms with Crippen molar-refractivity contribution >= 4 is 45.0 Å². The summed E-state index contributed by atoms with van der Waals surface area (Å²) in [5.41, 5.74) is 7.19. The van der Waals surface area contributed by atoms with Gasteiger partial charge in [-0.15, -0.1) is 11.3 Å². The van der Waals surface area contributed by atoms with Gasteiger partial charge >= 0.3 is 0 Å². The van der Waals surface area contributed by atoms with E-state index in [2.05, 4.69) is 15.3 Å². The molecule has 3 N–H and O–H groups in total. The Bertz CT molecular complexity index is 1360. The molecule has 0 aliphatic carbocycles. The number of amides is 1. The Hall–Kier alpha value is -4.06. The van der Waals surface area contributed by atoms with Crippen LogP contribution in [0.3, 0.4) is 0 Å². The van der Waals surface area contributed by atoms with Gasteiger partial charge in [0, 0.05) is 18.7 Å². The second-order valence-electron chi connectivity index (χ2n) is 7.94. The summed E-state index contributed by atoms with van der Waals surface area (Å²) in [7, 11) is 4.71. The van der Waals surface area contributed by atoms with Gasteiger partial charge in [-0.3, -0.25) is 4.79 Å². The van der Waals surface area contributed by atoms with Crippen LogP contribution >= 0.6 is 11.3 Å². The summed E-state index contributed by atoms with van der Waals surface area (Å²) in [5, 5.41) is 5.26. The van der Waals surface area contributed by atoms with Gasteiger partial charge in [-0.2, -0.15) is 4.98 Å². The van der Waals surface area contributed by atoms with E-state index in [9.17, 15) is 4.79 Å². The zero-order valence-electron chi connectivity index (χ0n) is 19.5. The minimum absolute atomic E-state index is 0.366. The lowest BCUT2D eigenvalue weighted by Crippen LogP contribution is -2.41. The molecule has 1 aliphatic rings. The van der Waals surface area contributed by atoms with E-state index in [0.29, 0.717) is 47.8 Å². The Kier molecular flexibility index (Phi) is 6.03. The van der Waals surface area contributed by atoms with Crippen LogP contribution in [0.25, 0.3) is 15.9 Å². The number of carbonyl (C=O) groups excluding carboxylic acids is 1.